The van der Waals surface area contributed by atoms with Crippen molar-refractivity contribution in [2.24, 2.45) is 5.41 Å². The predicted molar refractivity (Wildman–Crippen MR) is 113 cm³/mol. The van der Waals surface area contributed by atoms with Crippen LogP contribution in [0.4, 0.5) is 21.9 Å². The van der Waals surface area contributed by atoms with Crippen LogP contribution in [0.25, 0.3) is 0 Å². The van der Waals surface area contributed by atoms with Gasteiger partial charge >= 0.3 is 6.03 Å². The van der Waals surface area contributed by atoms with Crippen molar-refractivity contribution in [3.8, 4) is 23.0 Å². The Morgan fingerprint density at radius 3 is 2.23 bits per heavy atom. The summed E-state index contributed by atoms with van der Waals surface area (Å²) in [5.74, 6) is 1.63. The van der Waals surface area contributed by atoms with Crippen LogP contribution in [-0.4, -0.2) is 39.9 Å². The smallest absolute Gasteiger partial charge is 0.323 e. The van der Waals surface area contributed by atoms with Gasteiger partial charge in [0, 0.05) is 23.9 Å². The second-order valence-electron chi connectivity index (χ2n) is 7.33. The number of fused-ring (bicyclic) bond motifs is 1. The van der Waals surface area contributed by atoms with E-state index in [1.807, 2.05) is 0 Å². The van der Waals surface area contributed by atoms with Gasteiger partial charge in [-0.15, -0.1) is 0 Å². The van der Waals surface area contributed by atoms with E-state index in [1.165, 1.54) is 21.3 Å². The Bertz CT molecular complexity index is 948. The lowest BCUT2D eigenvalue weighted by molar-refractivity contribution is -0.124. The molecule has 0 atom stereocenters. The number of carbonyl (C=O) groups is 2. The molecule has 0 aromatic heterocycles. The Kier molecular flexibility index (Phi) is 5.91. The molecular weight excluding hydrogens is 390 g/mol. The van der Waals surface area contributed by atoms with Gasteiger partial charge in [-0.3, -0.25) is 4.79 Å². The van der Waals surface area contributed by atoms with Crippen LogP contribution in [0.5, 0.6) is 23.0 Å². The first kappa shape index (κ1) is 21.1. The van der Waals surface area contributed by atoms with Crippen LogP contribution in [0.1, 0.15) is 13.8 Å². The van der Waals surface area contributed by atoms with Crippen molar-refractivity contribution < 1.29 is 28.5 Å². The van der Waals surface area contributed by atoms with Crippen molar-refractivity contribution >= 4 is 29.0 Å². The minimum Gasteiger partial charge on any atom is -0.493 e. The van der Waals surface area contributed by atoms with Crippen LogP contribution in [-0.2, 0) is 4.79 Å². The first-order chi connectivity index (χ1) is 14.3. The van der Waals surface area contributed by atoms with Crippen LogP contribution < -0.4 is 34.9 Å². The summed E-state index contributed by atoms with van der Waals surface area (Å²) in [7, 11) is 4.50. The van der Waals surface area contributed by atoms with Crippen LogP contribution in [0.3, 0.4) is 0 Å². The van der Waals surface area contributed by atoms with Crippen molar-refractivity contribution in [3.63, 3.8) is 0 Å². The second-order valence-corrected chi connectivity index (χ2v) is 7.33. The molecule has 1 aliphatic heterocycles. The van der Waals surface area contributed by atoms with Gasteiger partial charge in [0.1, 0.15) is 12.4 Å². The molecule has 1 heterocycles. The lowest BCUT2D eigenvalue weighted by atomic mass is 9.94. The van der Waals surface area contributed by atoms with Crippen LogP contribution >= 0.6 is 0 Å². The molecule has 3 amide bonds. The lowest BCUT2D eigenvalue weighted by Gasteiger charge is -2.18. The quantitative estimate of drug-likeness (QED) is 0.687. The molecule has 9 heteroatoms. The zero-order valence-electron chi connectivity index (χ0n) is 17.5. The molecule has 160 valence electrons. The number of urea groups is 1. The molecule has 2 aromatic carbocycles. The number of rotatable bonds is 5. The monoisotopic (exact) mass is 415 g/mol. The van der Waals surface area contributed by atoms with Crippen molar-refractivity contribution in [2.45, 2.75) is 13.8 Å². The molecule has 1 aliphatic rings. The van der Waals surface area contributed by atoms with Gasteiger partial charge < -0.3 is 34.9 Å². The summed E-state index contributed by atoms with van der Waals surface area (Å²) >= 11 is 0. The Morgan fingerprint density at radius 2 is 1.63 bits per heavy atom. The summed E-state index contributed by atoms with van der Waals surface area (Å²) < 4.78 is 21.6. The number of hydrogen-bond donors (Lipinski definition) is 3. The first-order valence-electron chi connectivity index (χ1n) is 9.23. The lowest BCUT2D eigenvalue weighted by Crippen LogP contribution is -2.33. The number of carbonyl (C=O) groups excluding carboxylic acids is 2. The molecule has 0 spiro atoms. The number of hydrogen-bond acceptors (Lipinski definition) is 6. The van der Waals surface area contributed by atoms with Crippen molar-refractivity contribution in [2.75, 3.05) is 43.9 Å². The number of benzene rings is 2. The molecule has 0 radical (unpaired) electrons. The van der Waals surface area contributed by atoms with E-state index in [0.29, 0.717) is 40.1 Å². The van der Waals surface area contributed by atoms with E-state index in [1.54, 1.807) is 44.2 Å². The Hall–Kier alpha value is -3.62. The number of amides is 3. The molecule has 0 unspecified atom stereocenters. The highest BCUT2D eigenvalue weighted by Crippen LogP contribution is 2.40. The Balaban J connectivity index is 1.75. The fourth-order valence-electron chi connectivity index (χ4n) is 2.88. The molecule has 3 N–H and O–H groups in total. The van der Waals surface area contributed by atoms with E-state index in [2.05, 4.69) is 16.0 Å². The molecular formula is C21H25N3O6. The molecule has 0 bridgehead atoms. The van der Waals surface area contributed by atoms with Crippen molar-refractivity contribution in [1.29, 1.82) is 0 Å². The maximum absolute atomic E-state index is 12.5. The predicted octanol–water partition coefficient (Wildman–Crippen LogP) is 3.71. The van der Waals surface area contributed by atoms with Gasteiger partial charge in [0.15, 0.2) is 11.5 Å². The highest BCUT2D eigenvalue weighted by molar-refractivity contribution is 6.01. The average molecular weight is 415 g/mol. The second kappa shape index (κ2) is 8.40. The number of anilines is 3. The fraction of sp³-hybridized carbons (Fsp3) is 0.333. The van der Waals surface area contributed by atoms with E-state index in [-0.39, 0.29) is 12.5 Å². The summed E-state index contributed by atoms with van der Waals surface area (Å²) in [6, 6.07) is 7.80. The van der Waals surface area contributed by atoms with Crippen molar-refractivity contribution in [3.05, 3.63) is 30.3 Å². The first-order valence-corrected chi connectivity index (χ1v) is 9.23. The molecule has 30 heavy (non-hydrogen) atoms. The van der Waals surface area contributed by atoms with Gasteiger partial charge in [-0.2, -0.15) is 0 Å². The van der Waals surface area contributed by atoms with E-state index in [0.717, 1.165) is 0 Å². The molecule has 0 fully saturated rings. The summed E-state index contributed by atoms with van der Waals surface area (Å²) in [6.07, 6.45) is 0. The zero-order chi connectivity index (χ0) is 21.9. The molecule has 0 aliphatic carbocycles. The van der Waals surface area contributed by atoms with Crippen LogP contribution in [0, 0.1) is 5.41 Å². The molecule has 0 saturated carbocycles. The van der Waals surface area contributed by atoms with Crippen LogP contribution in [0.15, 0.2) is 30.3 Å². The SMILES string of the molecule is COc1cc(NC(=O)Nc2ccc3c(c2)OCC(C)(C)C(=O)N3)cc(OC)c1OC. The molecule has 9 nitrogen and oxygen atoms in total. The normalized spacial score (nSPS) is 14.4. The largest absolute Gasteiger partial charge is 0.493 e. The minimum absolute atomic E-state index is 0.123. The molecule has 3 rings (SSSR count). The highest BCUT2D eigenvalue weighted by atomic mass is 16.5. The summed E-state index contributed by atoms with van der Waals surface area (Å²) in [6.45, 7) is 3.84. The van der Waals surface area contributed by atoms with E-state index >= 15 is 0 Å². The van der Waals surface area contributed by atoms with E-state index < -0.39 is 11.4 Å². The van der Waals surface area contributed by atoms with Gasteiger partial charge in [-0.05, 0) is 26.0 Å². The third-order valence-corrected chi connectivity index (χ3v) is 4.61. The third-order valence-electron chi connectivity index (χ3n) is 4.61. The van der Waals surface area contributed by atoms with Gasteiger partial charge in [0.05, 0.1) is 38.1 Å². The number of nitrogens with one attached hydrogen (secondary N) is 3. The maximum atomic E-state index is 12.5. The highest BCUT2D eigenvalue weighted by Gasteiger charge is 2.32. The average Bonchev–Trinajstić information content (AvgIpc) is 2.83. The standard InChI is InChI=1S/C21H25N3O6/c1-21(2)11-30-15-8-12(6-7-14(15)24-19(21)25)22-20(26)23-13-9-16(27-3)18(29-5)17(10-13)28-4/h6-10H,11H2,1-5H3,(H,24,25)(H2,22,23,26). The number of methoxy groups -OCH3 is 3. The third kappa shape index (κ3) is 4.35. The van der Waals surface area contributed by atoms with Gasteiger partial charge in [0.25, 0.3) is 0 Å². The summed E-state index contributed by atoms with van der Waals surface area (Å²) in [5.41, 5.74) is 0.868. The fourth-order valence-corrected chi connectivity index (χ4v) is 2.88. The van der Waals surface area contributed by atoms with Gasteiger partial charge in [0.2, 0.25) is 11.7 Å². The van der Waals surface area contributed by atoms with E-state index in [9.17, 15) is 9.59 Å². The number of ether oxygens (including phenoxy) is 4. The Morgan fingerprint density at radius 1 is 1.00 bits per heavy atom. The maximum Gasteiger partial charge on any atom is 0.323 e. The minimum atomic E-state index is -0.656. The van der Waals surface area contributed by atoms with Crippen molar-refractivity contribution in [1.82, 2.24) is 0 Å². The van der Waals surface area contributed by atoms with Crippen LogP contribution in [0.2, 0.25) is 0 Å². The zero-order valence-corrected chi connectivity index (χ0v) is 17.5. The Labute approximate surface area is 174 Å². The topological polar surface area (TPSA) is 107 Å². The van der Waals surface area contributed by atoms with E-state index in [4.69, 9.17) is 18.9 Å². The van der Waals surface area contributed by atoms with Gasteiger partial charge in [-0.1, -0.05) is 0 Å². The van der Waals surface area contributed by atoms with Gasteiger partial charge in [-0.25, -0.2) is 4.79 Å². The molecule has 0 saturated heterocycles. The summed E-state index contributed by atoms with van der Waals surface area (Å²) in [5, 5.41) is 8.31. The summed E-state index contributed by atoms with van der Waals surface area (Å²) in [4.78, 5) is 24.7. The molecule has 2 aromatic rings.